The number of benzene rings is 1. The number of nitrogens with one attached hydrogen (secondary N) is 1. The van der Waals surface area contributed by atoms with Crippen LogP contribution in [-0.4, -0.2) is 88.0 Å². The number of anilines is 1. The van der Waals surface area contributed by atoms with Gasteiger partial charge in [0.15, 0.2) is 23.2 Å². The Morgan fingerprint density at radius 3 is 2.83 bits per heavy atom. The number of aliphatic hydroxyl groups excluding tert-OH is 2. The number of carbonyl (C=O) groups excluding carboxylic acids is 1. The van der Waals surface area contributed by atoms with E-state index in [-0.39, 0.29) is 24.8 Å². The van der Waals surface area contributed by atoms with Crippen LogP contribution < -0.4 is 11.1 Å². The molecule has 5 aromatic rings. The number of para-hydroxylation sites is 1. The van der Waals surface area contributed by atoms with E-state index in [0.717, 1.165) is 28.6 Å². The van der Waals surface area contributed by atoms with E-state index in [1.807, 2.05) is 36.4 Å². The van der Waals surface area contributed by atoms with Crippen molar-refractivity contribution in [1.82, 2.24) is 34.3 Å². The Bertz CT molecular complexity index is 1770. The maximum absolute atomic E-state index is 11.3. The summed E-state index contributed by atoms with van der Waals surface area (Å²) in [4.78, 5) is 30.1. The molecule has 0 bridgehead atoms. The first-order valence-corrected chi connectivity index (χ1v) is 13.7. The number of carbonyl (C=O) groups is 1. The third-order valence-electron chi connectivity index (χ3n) is 7.65. The molecular weight excluding hydrogens is 542 g/mol. The fourth-order valence-electron chi connectivity index (χ4n) is 5.41. The highest BCUT2D eigenvalue weighted by Crippen LogP contribution is 2.35. The molecule has 2 fully saturated rings. The van der Waals surface area contributed by atoms with Crippen LogP contribution in [0.1, 0.15) is 25.5 Å². The lowest BCUT2D eigenvalue weighted by atomic mass is 10.1. The van der Waals surface area contributed by atoms with Gasteiger partial charge in [0, 0.05) is 30.2 Å². The minimum absolute atomic E-state index is 0.0172. The molecule has 5 atom stereocenters. The molecule has 0 spiro atoms. The van der Waals surface area contributed by atoms with Crippen molar-refractivity contribution >= 4 is 33.8 Å². The van der Waals surface area contributed by atoms with E-state index in [9.17, 15) is 15.0 Å². The summed E-state index contributed by atoms with van der Waals surface area (Å²) >= 11 is 0. The van der Waals surface area contributed by atoms with Crippen molar-refractivity contribution in [3.8, 4) is 17.2 Å². The third-order valence-corrected chi connectivity index (χ3v) is 7.65. The predicted octanol–water partition coefficient (Wildman–Crippen LogP) is 1.31. The highest BCUT2D eigenvalue weighted by molar-refractivity contribution is 5.84. The lowest BCUT2D eigenvalue weighted by Gasteiger charge is -2.17. The molecular formula is C28H29N9O5. The number of nitrogens with zero attached hydrogens (tertiary/aromatic N) is 7. The monoisotopic (exact) mass is 571 g/mol. The van der Waals surface area contributed by atoms with E-state index < -0.39 is 30.4 Å². The molecule has 0 radical (unpaired) electrons. The summed E-state index contributed by atoms with van der Waals surface area (Å²) in [5.41, 5.74) is 8.52. The molecule has 0 unspecified atom stereocenters. The molecule has 216 valence electrons. The summed E-state index contributed by atoms with van der Waals surface area (Å²) in [6, 6.07) is 11.9. The zero-order valence-corrected chi connectivity index (χ0v) is 22.4. The number of ether oxygens (including phenoxy) is 2. The Kier molecular flexibility index (Phi) is 6.74. The molecule has 5 N–H and O–H groups in total. The SMILES string of the molecule is NC(=O)CC[C@@H]1O[C@@H](n2cnc3c(N[C@@H]4CCOC4)nc(-n4cc(-c5ccc6ccccc6n5)cn4)nc32)[C@@H](O)[C@@H]1O. The van der Waals surface area contributed by atoms with Gasteiger partial charge in [-0.1, -0.05) is 24.3 Å². The lowest BCUT2D eigenvalue weighted by molar-refractivity contribution is -0.119. The van der Waals surface area contributed by atoms with Crippen LogP contribution >= 0.6 is 0 Å². The number of hydrogen-bond acceptors (Lipinski definition) is 11. The molecule has 2 aliphatic heterocycles. The van der Waals surface area contributed by atoms with Gasteiger partial charge in [-0.3, -0.25) is 9.36 Å². The van der Waals surface area contributed by atoms with Gasteiger partial charge >= 0.3 is 0 Å². The van der Waals surface area contributed by atoms with Crippen LogP contribution in [0.25, 0.3) is 39.3 Å². The maximum atomic E-state index is 11.3. The molecule has 6 heterocycles. The lowest BCUT2D eigenvalue weighted by Crippen LogP contribution is -2.32. The van der Waals surface area contributed by atoms with Gasteiger partial charge < -0.3 is 30.7 Å². The Balaban J connectivity index is 1.27. The quantitative estimate of drug-likeness (QED) is 0.210. The van der Waals surface area contributed by atoms with Crippen molar-refractivity contribution < 1.29 is 24.5 Å². The topological polar surface area (TPSA) is 188 Å². The molecule has 1 amide bonds. The second-order valence-electron chi connectivity index (χ2n) is 10.5. The standard InChI is InChI=1S/C28H29N9O5/c29-21(38)8-7-20-23(39)24(40)27(42-20)36-14-30-22-25(32-17-9-10-41-13-17)34-28(35-26(22)36)37-12-16(11-31-37)19-6-5-15-3-1-2-4-18(15)33-19/h1-6,11-12,14,17,20,23-24,27,39-40H,7-10,13H2,(H2,29,38)(H,32,34,35)/t17-,20+,23-,24+,27-/m1/s1. The number of hydrogen-bond donors (Lipinski definition) is 4. The second kappa shape index (κ2) is 10.7. The van der Waals surface area contributed by atoms with Gasteiger partial charge in [-0.25, -0.2) is 14.6 Å². The van der Waals surface area contributed by atoms with E-state index in [2.05, 4.69) is 15.4 Å². The first-order chi connectivity index (χ1) is 20.4. The average molecular weight is 572 g/mol. The maximum Gasteiger partial charge on any atom is 0.254 e. The number of primary amides is 1. The summed E-state index contributed by atoms with van der Waals surface area (Å²) < 4.78 is 14.6. The van der Waals surface area contributed by atoms with Crippen LogP contribution in [0.5, 0.6) is 0 Å². The molecule has 14 nitrogen and oxygen atoms in total. The minimum Gasteiger partial charge on any atom is -0.388 e. The molecule has 7 rings (SSSR count). The molecule has 0 aliphatic carbocycles. The summed E-state index contributed by atoms with van der Waals surface area (Å²) in [7, 11) is 0. The first kappa shape index (κ1) is 26.4. The van der Waals surface area contributed by atoms with E-state index >= 15 is 0 Å². The van der Waals surface area contributed by atoms with Gasteiger partial charge in [0.05, 0.1) is 42.5 Å². The Morgan fingerprint density at radius 1 is 1.12 bits per heavy atom. The summed E-state index contributed by atoms with van der Waals surface area (Å²) in [5.74, 6) is 0.220. The van der Waals surface area contributed by atoms with Crippen molar-refractivity contribution in [2.24, 2.45) is 5.73 Å². The van der Waals surface area contributed by atoms with Gasteiger partial charge in [-0.05, 0) is 25.0 Å². The number of fused-ring (bicyclic) bond motifs is 2. The van der Waals surface area contributed by atoms with Gasteiger partial charge in [-0.15, -0.1) is 0 Å². The van der Waals surface area contributed by atoms with Crippen molar-refractivity contribution in [3.63, 3.8) is 0 Å². The van der Waals surface area contributed by atoms with Crippen LogP contribution in [0.3, 0.4) is 0 Å². The van der Waals surface area contributed by atoms with Crippen LogP contribution in [0.15, 0.2) is 55.1 Å². The Hall–Kier alpha value is -4.50. The predicted molar refractivity (Wildman–Crippen MR) is 150 cm³/mol. The van der Waals surface area contributed by atoms with Crippen molar-refractivity contribution in [2.45, 2.75) is 49.8 Å². The average Bonchev–Trinajstić information content (AvgIpc) is 3.81. The smallest absolute Gasteiger partial charge is 0.254 e. The Labute approximate surface area is 239 Å². The molecule has 42 heavy (non-hydrogen) atoms. The van der Waals surface area contributed by atoms with E-state index in [0.29, 0.717) is 30.2 Å². The number of rotatable bonds is 8. The number of aromatic nitrogens is 7. The molecule has 0 saturated carbocycles. The van der Waals surface area contributed by atoms with Gasteiger partial charge in [0.25, 0.3) is 5.95 Å². The first-order valence-electron chi connectivity index (χ1n) is 13.7. The molecule has 1 aromatic carbocycles. The van der Waals surface area contributed by atoms with Crippen LogP contribution in [0.2, 0.25) is 0 Å². The number of nitrogens with two attached hydrogens (primary N) is 1. The Morgan fingerprint density at radius 2 is 2.00 bits per heavy atom. The third kappa shape index (κ3) is 4.83. The summed E-state index contributed by atoms with van der Waals surface area (Å²) in [6.45, 7) is 1.17. The number of imidazole rings is 1. The normalized spacial score (nSPS) is 24.1. The summed E-state index contributed by atoms with van der Waals surface area (Å²) in [5, 5.41) is 30.5. The van der Waals surface area contributed by atoms with Crippen LogP contribution in [0, 0.1) is 0 Å². The van der Waals surface area contributed by atoms with Gasteiger partial charge in [0.1, 0.15) is 12.2 Å². The zero-order chi connectivity index (χ0) is 28.8. The molecule has 2 saturated heterocycles. The molecule has 4 aromatic heterocycles. The molecule has 14 heteroatoms. The number of aliphatic hydroxyl groups is 2. The van der Waals surface area contributed by atoms with E-state index in [1.54, 1.807) is 21.6 Å². The second-order valence-corrected chi connectivity index (χ2v) is 10.5. The largest absolute Gasteiger partial charge is 0.388 e. The van der Waals surface area contributed by atoms with Gasteiger partial charge in [0.2, 0.25) is 5.91 Å². The fourth-order valence-corrected chi connectivity index (χ4v) is 5.41. The fraction of sp³-hybridized carbons (Fsp3) is 0.357. The molecule has 2 aliphatic rings. The highest BCUT2D eigenvalue weighted by atomic mass is 16.6. The number of amides is 1. The van der Waals surface area contributed by atoms with Crippen LogP contribution in [0.4, 0.5) is 5.82 Å². The van der Waals surface area contributed by atoms with E-state index in [4.69, 9.17) is 30.2 Å². The van der Waals surface area contributed by atoms with Crippen molar-refractivity contribution in [1.29, 1.82) is 0 Å². The zero-order valence-electron chi connectivity index (χ0n) is 22.4. The van der Waals surface area contributed by atoms with Crippen molar-refractivity contribution in [2.75, 3.05) is 18.5 Å². The number of pyridine rings is 1. The summed E-state index contributed by atoms with van der Waals surface area (Å²) in [6.07, 6.45) is 1.70. The van der Waals surface area contributed by atoms with E-state index in [1.165, 1.54) is 6.33 Å². The highest BCUT2D eigenvalue weighted by Gasteiger charge is 2.44. The van der Waals surface area contributed by atoms with Gasteiger partial charge in [-0.2, -0.15) is 15.1 Å². The minimum atomic E-state index is -1.28. The van der Waals surface area contributed by atoms with Crippen LogP contribution in [-0.2, 0) is 14.3 Å². The van der Waals surface area contributed by atoms with Crippen molar-refractivity contribution in [3.05, 3.63) is 55.1 Å².